The lowest BCUT2D eigenvalue weighted by molar-refractivity contribution is -0.156. The number of fused-ring (bicyclic) bond motifs is 2. The quantitative estimate of drug-likeness (QED) is 0.0931. The summed E-state index contributed by atoms with van der Waals surface area (Å²) in [6, 6.07) is 4.79. The van der Waals surface area contributed by atoms with Crippen LogP contribution in [-0.2, 0) is 36.9 Å². The van der Waals surface area contributed by atoms with Crippen molar-refractivity contribution >= 4 is 45.1 Å². The van der Waals surface area contributed by atoms with E-state index in [9.17, 15) is 19.2 Å². The molecule has 0 saturated heterocycles. The summed E-state index contributed by atoms with van der Waals surface area (Å²) < 4.78 is 65.0. The summed E-state index contributed by atoms with van der Waals surface area (Å²) in [4.78, 5) is 52.0. The fraction of sp³-hybridized carbons (Fsp3) is 0.538. The molecule has 12 nitrogen and oxygen atoms in total. The molecule has 2 heterocycles. The first-order valence-electron chi connectivity index (χ1n) is 18.1. The van der Waals surface area contributed by atoms with E-state index < -0.39 is 29.2 Å². The highest BCUT2D eigenvalue weighted by Gasteiger charge is 2.31. The first kappa shape index (κ1) is 40.7. The van der Waals surface area contributed by atoms with Gasteiger partial charge in [-0.3, -0.25) is 19.2 Å². The van der Waals surface area contributed by atoms with Crippen LogP contribution < -0.4 is 24.7 Å². The molecule has 0 spiro atoms. The van der Waals surface area contributed by atoms with Crippen LogP contribution in [0.4, 0.5) is 8.78 Å². The Labute approximate surface area is 317 Å². The van der Waals surface area contributed by atoms with Crippen LogP contribution in [0.5, 0.6) is 23.0 Å². The average molecular weight is 775 g/mol. The highest BCUT2D eigenvalue weighted by Crippen LogP contribution is 2.41. The monoisotopic (exact) mass is 774 g/mol. The normalized spacial score (nSPS) is 16.9. The van der Waals surface area contributed by atoms with Crippen LogP contribution in [0.15, 0.2) is 18.2 Å². The maximum Gasteiger partial charge on any atom is 0.306 e. The van der Waals surface area contributed by atoms with Gasteiger partial charge in [0.15, 0.2) is 40.4 Å². The van der Waals surface area contributed by atoms with Crippen molar-refractivity contribution in [3.05, 3.63) is 45.8 Å². The van der Waals surface area contributed by atoms with Crippen molar-refractivity contribution in [3.63, 3.8) is 0 Å². The average Bonchev–Trinajstić information content (AvgIpc) is 3.76. The second-order valence-corrected chi connectivity index (χ2v) is 15.5. The molecule has 1 saturated carbocycles. The second-order valence-electron chi connectivity index (χ2n) is 14.4. The minimum atomic E-state index is -0.702. The number of thiophene rings is 1. The summed E-state index contributed by atoms with van der Waals surface area (Å²) in [5.41, 5.74) is 6.12. The van der Waals surface area contributed by atoms with Crippen molar-refractivity contribution in [2.45, 2.75) is 109 Å². The number of amides is 1. The number of rotatable bonds is 16. The number of carbonyl (C=O) groups is 4. The molecule has 2 aromatic carbocycles. The van der Waals surface area contributed by atoms with Crippen molar-refractivity contribution in [2.75, 3.05) is 27.4 Å². The van der Waals surface area contributed by atoms with Crippen molar-refractivity contribution < 1.29 is 56.4 Å². The van der Waals surface area contributed by atoms with Gasteiger partial charge in [-0.15, -0.1) is 11.3 Å². The molecule has 1 aromatic heterocycles. The lowest BCUT2D eigenvalue weighted by atomic mass is 9.94. The summed E-state index contributed by atoms with van der Waals surface area (Å²) in [5, 5.41) is 0.179. The molecular formula is C39H48F2N2O10S. The molecule has 0 bridgehead atoms. The third-order valence-corrected chi connectivity index (χ3v) is 10.3. The van der Waals surface area contributed by atoms with Crippen molar-refractivity contribution in [1.82, 2.24) is 4.90 Å². The van der Waals surface area contributed by atoms with Crippen LogP contribution in [-0.4, -0.2) is 73.7 Å². The van der Waals surface area contributed by atoms with Gasteiger partial charge in [0.25, 0.3) is 0 Å². The molecule has 0 radical (unpaired) electrons. The topological polar surface area (TPSA) is 153 Å². The first-order chi connectivity index (χ1) is 25.7. The molecule has 2 aliphatic rings. The van der Waals surface area contributed by atoms with Crippen LogP contribution in [0.1, 0.15) is 99.4 Å². The Morgan fingerprint density at radius 3 is 2.11 bits per heavy atom. The van der Waals surface area contributed by atoms with E-state index in [0.29, 0.717) is 33.5 Å². The molecule has 3 aromatic rings. The maximum absolute atomic E-state index is 15.7. The number of carbonyl (C=O) groups excluding carboxylic acids is 4. The highest BCUT2D eigenvalue weighted by atomic mass is 32.1. The molecule has 294 valence electrons. The smallest absolute Gasteiger partial charge is 0.306 e. The molecule has 1 aliphatic carbocycles. The number of hydrogen-bond acceptors (Lipinski definition) is 12. The van der Waals surface area contributed by atoms with Gasteiger partial charge in [-0.25, -0.2) is 8.78 Å². The van der Waals surface area contributed by atoms with Gasteiger partial charge in [0.1, 0.15) is 11.7 Å². The van der Waals surface area contributed by atoms with Gasteiger partial charge in [-0.1, -0.05) is 0 Å². The van der Waals surface area contributed by atoms with E-state index in [-0.39, 0.29) is 111 Å². The van der Waals surface area contributed by atoms with E-state index in [0.717, 1.165) is 24.2 Å². The van der Waals surface area contributed by atoms with E-state index >= 15 is 8.78 Å². The molecular weight excluding hydrogens is 726 g/mol. The van der Waals surface area contributed by atoms with Crippen LogP contribution in [0, 0.1) is 11.6 Å². The van der Waals surface area contributed by atoms with Crippen LogP contribution in [0.3, 0.4) is 0 Å². The molecule has 1 aliphatic heterocycles. The summed E-state index contributed by atoms with van der Waals surface area (Å²) >= 11 is 1.10. The molecule has 15 heteroatoms. The highest BCUT2D eigenvalue weighted by molar-refractivity contribution is 7.20. The largest absolute Gasteiger partial charge is 0.493 e. The zero-order valence-corrected chi connectivity index (χ0v) is 32.2. The molecule has 1 fully saturated rings. The van der Waals surface area contributed by atoms with Crippen molar-refractivity contribution in [2.24, 2.45) is 5.73 Å². The van der Waals surface area contributed by atoms with Gasteiger partial charge in [0.05, 0.1) is 45.2 Å². The van der Waals surface area contributed by atoms with Gasteiger partial charge in [0.2, 0.25) is 5.91 Å². The first-order valence-corrected chi connectivity index (χ1v) is 18.9. The minimum absolute atomic E-state index is 0.00933. The fourth-order valence-corrected chi connectivity index (χ4v) is 7.46. The third kappa shape index (κ3) is 10.2. The third-order valence-electron chi connectivity index (χ3n) is 9.16. The van der Waals surface area contributed by atoms with E-state index in [2.05, 4.69) is 0 Å². The number of ether oxygens (including phenoxy) is 6. The zero-order valence-electron chi connectivity index (χ0n) is 31.4. The predicted octanol–water partition coefficient (Wildman–Crippen LogP) is 6.78. The van der Waals surface area contributed by atoms with Crippen molar-refractivity contribution in [1.29, 1.82) is 0 Å². The molecule has 1 amide bonds. The Morgan fingerprint density at radius 2 is 1.46 bits per heavy atom. The van der Waals surface area contributed by atoms with Gasteiger partial charge in [-0.05, 0) is 64.2 Å². The molecule has 54 heavy (non-hydrogen) atoms. The second kappa shape index (κ2) is 17.8. The van der Waals surface area contributed by atoms with Crippen LogP contribution >= 0.6 is 11.3 Å². The number of Topliss-reactive ketones (excluding diaryl/α,β-unsaturated/α-hetero) is 1. The number of methoxy groups -OCH3 is 2. The number of ketones is 1. The lowest BCUT2D eigenvalue weighted by Crippen LogP contribution is -2.31. The summed E-state index contributed by atoms with van der Waals surface area (Å²) in [5.74, 6) is -2.86. The van der Waals surface area contributed by atoms with Crippen LogP contribution in [0.25, 0.3) is 10.1 Å². The Balaban J connectivity index is 1.14. The fourth-order valence-electron chi connectivity index (χ4n) is 6.40. The van der Waals surface area contributed by atoms with Gasteiger partial charge in [-0.2, -0.15) is 0 Å². The Hall–Kier alpha value is -4.50. The predicted molar refractivity (Wildman–Crippen MR) is 196 cm³/mol. The number of halogens is 2. The number of hydrogen-bond donors (Lipinski definition) is 1. The minimum Gasteiger partial charge on any atom is -0.493 e. The summed E-state index contributed by atoms with van der Waals surface area (Å²) in [7, 11) is 2.76. The zero-order chi connectivity index (χ0) is 39.2. The number of esters is 2. The Kier molecular flexibility index (Phi) is 13.4. The van der Waals surface area contributed by atoms with Gasteiger partial charge in [0, 0.05) is 60.1 Å². The standard InChI is InChI=1S/C39H48F2N2O10S/c1-39(2,3)53-34(47)14-12-32(45)43-20-22-17-28(48-4)37(36(41)26(22)21-43)50-15-6-16-51-38-29(49-5)19-30-25(35(38)40)18-31(54-30)27(44)11-13-33(46)52-24-9-7-23(42)8-10-24/h17-19,23-24H,6-16,20-21,42H2,1-5H3/t23-,24-. The summed E-state index contributed by atoms with van der Waals surface area (Å²) in [6.45, 7) is 5.39. The van der Waals surface area contributed by atoms with Gasteiger partial charge >= 0.3 is 11.9 Å². The van der Waals surface area contributed by atoms with E-state index in [1.807, 2.05) is 0 Å². The maximum atomic E-state index is 15.7. The molecule has 0 unspecified atom stereocenters. The number of nitrogens with zero attached hydrogens (tertiary/aromatic N) is 1. The molecule has 5 rings (SSSR count). The SMILES string of the molecule is COc1cc2c(c(F)c1OCCCOc1c(OC)cc3sc(C(=O)CCC(=O)O[C@H]4CC[C@H](N)CC4)cc3c1F)CN(C(=O)CCC(=O)OC(C)(C)C)C2. The molecule has 2 N–H and O–H groups in total. The number of benzene rings is 2. The summed E-state index contributed by atoms with van der Waals surface area (Å²) in [6.07, 6.45) is 2.77. The molecule has 0 atom stereocenters. The Morgan fingerprint density at radius 1 is 0.833 bits per heavy atom. The van der Waals surface area contributed by atoms with Crippen molar-refractivity contribution in [3.8, 4) is 23.0 Å². The van der Waals surface area contributed by atoms with E-state index in [1.54, 1.807) is 32.9 Å². The Bertz CT molecular complexity index is 1870. The lowest BCUT2D eigenvalue weighted by Gasteiger charge is -2.25. The number of nitrogens with two attached hydrogens (primary N) is 1. The van der Waals surface area contributed by atoms with E-state index in [4.69, 9.17) is 34.2 Å². The van der Waals surface area contributed by atoms with Crippen LogP contribution in [0.2, 0.25) is 0 Å². The van der Waals surface area contributed by atoms with Gasteiger partial charge < -0.3 is 39.1 Å². The van der Waals surface area contributed by atoms with E-state index in [1.165, 1.54) is 25.2 Å².